The second-order valence-corrected chi connectivity index (χ2v) is 10.2. The zero-order chi connectivity index (χ0) is 27.4. The first-order valence-corrected chi connectivity index (χ1v) is 13.6. The number of anilines is 1. The monoisotopic (exact) mass is 523 g/mol. The molecule has 3 aromatic rings. The summed E-state index contributed by atoms with van der Waals surface area (Å²) in [6.45, 7) is 19.1. The van der Waals surface area contributed by atoms with E-state index < -0.39 is 5.97 Å². The zero-order valence-electron chi connectivity index (χ0n) is 22.9. The van der Waals surface area contributed by atoms with Crippen molar-refractivity contribution >= 4 is 45.0 Å². The van der Waals surface area contributed by atoms with Crippen LogP contribution in [0.5, 0.6) is 0 Å². The lowest BCUT2D eigenvalue weighted by atomic mass is 10.0. The molecule has 2 heterocycles. The summed E-state index contributed by atoms with van der Waals surface area (Å²) < 4.78 is 7.22. The molecule has 0 radical (unpaired) electrons. The molecule has 2 amide bonds. The predicted molar refractivity (Wildman–Crippen MR) is 151 cm³/mol. The molecular formula is C29H37N3O4S. The molecule has 0 bridgehead atoms. The van der Waals surface area contributed by atoms with Crippen molar-refractivity contribution in [2.24, 2.45) is 0 Å². The van der Waals surface area contributed by atoms with Crippen molar-refractivity contribution in [3.05, 3.63) is 63.7 Å². The third-order valence-corrected chi connectivity index (χ3v) is 7.83. The SMILES string of the molecule is C=CCn1c(C(=O)Nc2sc(C(=O)N(CC)CC)c(C)c2C(=O)OCC)c(C)c2cc(C(C)C)ccc21. The Balaban J connectivity index is 2.14. The minimum Gasteiger partial charge on any atom is -0.462 e. The summed E-state index contributed by atoms with van der Waals surface area (Å²) in [5.41, 5.74) is 4.21. The Morgan fingerprint density at radius 3 is 2.38 bits per heavy atom. The van der Waals surface area contributed by atoms with Crippen LogP contribution in [0.4, 0.5) is 5.00 Å². The third kappa shape index (κ3) is 5.34. The van der Waals surface area contributed by atoms with Crippen molar-refractivity contribution in [2.75, 3.05) is 25.0 Å². The average Bonchev–Trinajstić information content (AvgIpc) is 3.33. The number of amides is 2. The van der Waals surface area contributed by atoms with Crippen molar-refractivity contribution in [1.29, 1.82) is 0 Å². The van der Waals surface area contributed by atoms with Gasteiger partial charge in [-0.15, -0.1) is 17.9 Å². The number of carbonyl (C=O) groups is 3. The van der Waals surface area contributed by atoms with Crippen LogP contribution < -0.4 is 5.32 Å². The molecule has 1 N–H and O–H groups in total. The second kappa shape index (κ2) is 11.8. The third-order valence-electron chi connectivity index (χ3n) is 6.63. The Hall–Kier alpha value is -3.39. The number of aryl methyl sites for hydroxylation is 1. The smallest absolute Gasteiger partial charge is 0.341 e. The second-order valence-electron chi connectivity index (χ2n) is 9.22. The van der Waals surface area contributed by atoms with Gasteiger partial charge in [0.25, 0.3) is 11.8 Å². The van der Waals surface area contributed by atoms with E-state index in [9.17, 15) is 14.4 Å². The predicted octanol–water partition coefficient (Wildman–Crippen LogP) is 6.54. The van der Waals surface area contributed by atoms with E-state index in [1.807, 2.05) is 31.4 Å². The summed E-state index contributed by atoms with van der Waals surface area (Å²) in [6, 6.07) is 6.25. The molecule has 0 saturated heterocycles. The van der Waals surface area contributed by atoms with Crippen LogP contribution in [-0.2, 0) is 11.3 Å². The van der Waals surface area contributed by atoms with Crippen molar-refractivity contribution in [1.82, 2.24) is 9.47 Å². The highest BCUT2D eigenvalue weighted by molar-refractivity contribution is 7.18. The number of esters is 1. The van der Waals surface area contributed by atoms with Gasteiger partial charge >= 0.3 is 5.97 Å². The van der Waals surface area contributed by atoms with Gasteiger partial charge in [-0.3, -0.25) is 9.59 Å². The first-order valence-electron chi connectivity index (χ1n) is 12.8. The fourth-order valence-electron chi connectivity index (χ4n) is 4.58. The normalized spacial score (nSPS) is 11.1. The molecule has 0 saturated carbocycles. The van der Waals surface area contributed by atoms with Gasteiger partial charge in [0.05, 0.1) is 17.0 Å². The van der Waals surface area contributed by atoms with Gasteiger partial charge < -0.3 is 19.5 Å². The van der Waals surface area contributed by atoms with Crippen molar-refractivity contribution in [2.45, 2.75) is 60.9 Å². The molecule has 0 fully saturated rings. The van der Waals surface area contributed by atoms with E-state index in [0.29, 0.717) is 46.7 Å². The van der Waals surface area contributed by atoms with E-state index in [1.165, 1.54) is 5.56 Å². The molecule has 7 nitrogen and oxygen atoms in total. The average molecular weight is 524 g/mol. The topological polar surface area (TPSA) is 80.6 Å². The maximum atomic E-state index is 13.8. The largest absolute Gasteiger partial charge is 0.462 e. The van der Waals surface area contributed by atoms with Gasteiger partial charge in [0, 0.05) is 30.5 Å². The van der Waals surface area contributed by atoms with E-state index in [-0.39, 0.29) is 24.0 Å². The van der Waals surface area contributed by atoms with E-state index >= 15 is 0 Å². The number of nitrogens with zero attached hydrogens (tertiary/aromatic N) is 2. The van der Waals surface area contributed by atoms with Crippen LogP contribution in [0.1, 0.15) is 87.7 Å². The number of hydrogen-bond donors (Lipinski definition) is 1. The lowest BCUT2D eigenvalue weighted by molar-refractivity contribution is 0.0527. The number of benzene rings is 1. The van der Waals surface area contributed by atoms with Crippen molar-refractivity contribution in [3.63, 3.8) is 0 Å². The minimum atomic E-state index is -0.560. The van der Waals surface area contributed by atoms with E-state index in [4.69, 9.17) is 4.74 Å². The molecule has 8 heteroatoms. The van der Waals surface area contributed by atoms with Crippen LogP contribution in [0.25, 0.3) is 10.9 Å². The highest BCUT2D eigenvalue weighted by Crippen LogP contribution is 2.36. The number of carbonyl (C=O) groups excluding carboxylic acids is 3. The summed E-state index contributed by atoms with van der Waals surface area (Å²) >= 11 is 1.12. The molecule has 3 rings (SSSR count). The fourth-order valence-corrected chi connectivity index (χ4v) is 5.74. The number of ether oxygens (including phenoxy) is 1. The Kier molecular flexibility index (Phi) is 8.97. The maximum Gasteiger partial charge on any atom is 0.341 e. The summed E-state index contributed by atoms with van der Waals surface area (Å²) in [5.74, 6) is -0.728. The van der Waals surface area contributed by atoms with E-state index in [0.717, 1.165) is 27.8 Å². The van der Waals surface area contributed by atoms with Gasteiger partial charge in [-0.1, -0.05) is 26.0 Å². The highest BCUT2D eigenvalue weighted by Gasteiger charge is 2.30. The zero-order valence-corrected chi connectivity index (χ0v) is 23.7. The van der Waals surface area contributed by atoms with Crippen molar-refractivity contribution < 1.29 is 19.1 Å². The Labute approximate surface area is 223 Å². The quantitative estimate of drug-likeness (QED) is 0.242. The van der Waals surface area contributed by atoms with Crippen molar-refractivity contribution in [3.8, 4) is 0 Å². The Bertz CT molecular complexity index is 1350. The Morgan fingerprint density at radius 2 is 1.81 bits per heavy atom. The first-order chi connectivity index (χ1) is 17.6. The number of thiophene rings is 1. The van der Waals surface area contributed by atoms with Gasteiger partial charge in [0.15, 0.2) is 0 Å². The molecule has 0 unspecified atom stereocenters. The van der Waals surface area contributed by atoms with Gasteiger partial charge in [-0.05, 0) is 69.4 Å². The molecule has 0 aliphatic rings. The molecular weight excluding hydrogens is 486 g/mol. The summed E-state index contributed by atoms with van der Waals surface area (Å²) in [5, 5.41) is 4.27. The van der Waals surface area contributed by atoms with Gasteiger partial charge in [0.1, 0.15) is 10.7 Å². The van der Waals surface area contributed by atoms with Crippen LogP contribution in [0, 0.1) is 13.8 Å². The molecule has 0 aliphatic heterocycles. The maximum absolute atomic E-state index is 13.8. The van der Waals surface area contributed by atoms with Crippen LogP contribution in [0.15, 0.2) is 30.9 Å². The van der Waals surface area contributed by atoms with Gasteiger partial charge in [-0.25, -0.2) is 4.79 Å². The standard InChI is InChI=1S/C29H37N3O4S/c1-9-15-32-22-14-13-20(17(5)6)16-21(22)18(7)24(32)26(33)30-27-23(29(35)36-12-4)19(8)25(37-27)28(34)31(10-2)11-3/h9,13-14,16-17H,1,10-12,15H2,2-8H3,(H,30,33). The van der Waals surface area contributed by atoms with Gasteiger partial charge in [0.2, 0.25) is 0 Å². The number of hydrogen-bond acceptors (Lipinski definition) is 5. The van der Waals surface area contributed by atoms with Crippen LogP contribution in [0.3, 0.4) is 0 Å². The summed E-state index contributed by atoms with van der Waals surface area (Å²) in [7, 11) is 0. The van der Waals surface area contributed by atoms with Crippen LogP contribution >= 0.6 is 11.3 Å². The molecule has 198 valence electrons. The molecule has 0 aliphatic carbocycles. The highest BCUT2D eigenvalue weighted by atomic mass is 32.1. The summed E-state index contributed by atoms with van der Waals surface area (Å²) in [6.07, 6.45) is 1.76. The van der Waals surface area contributed by atoms with Crippen LogP contribution in [0.2, 0.25) is 0 Å². The minimum absolute atomic E-state index is 0.170. The van der Waals surface area contributed by atoms with E-state index in [2.05, 4.69) is 37.9 Å². The molecule has 0 spiro atoms. The van der Waals surface area contributed by atoms with Gasteiger partial charge in [-0.2, -0.15) is 0 Å². The molecule has 0 atom stereocenters. The lowest BCUT2D eigenvalue weighted by Crippen LogP contribution is -2.30. The number of rotatable bonds is 10. The van der Waals surface area contributed by atoms with Crippen LogP contribution in [-0.4, -0.2) is 46.9 Å². The first kappa shape index (κ1) is 28.2. The van der Waals surface area contributed by atoms with E-state index in [1.54, 1.807) is 24.8 Å². The lowest BCUT2D eigenvalue weighted by Gasteiger charge is -2.18. The number of allylic oxidation sites excluding steroid dienone is 1. The number of aromatic nitrogens is 1. The number of fused-ring (bicyclic) bond motifs is 1. The number of nitrogens with one attached hydrogen (secondary N) is 1. The fraction of sp³-hybridized carbons (Fsp3) is 0.414. The molecule has 1 aromatic carbocycles. The molecule has 2 aromatic heterocycles. The summed E-state index contributed by atoms with van der Waals surface area (Å²) in [4.78, 5) is 42.0. The Morgan fingerprint density at radius 1 is 1.14 bits per heavy atom. The molecule has 37 heavy (non-hydrogen) atoms.